The number of nitrogens with one attached hydrogen (secondary N) is 1. The summed E-state index contributed by atoms with van der Waals surface area (Å²) >= 11 is 0. The van der Waals surface area contributed by atoms with Gasteiger partial charge in [-0.3, -0.25) is 4.79 Å². The second-order valence-corrected chi connectivity index (χ2v) is 7.86. The van der Waals surface area contributed by atoms with Gasteiger partial charge in [0.25, 0.3) is 5.91 Å². The lowest BCUT2D eigenvalue weighted by Crippen LogP contribution is -2.22. The van der Waals surface area contributed by atoms with Crippen molar-refractivity contribution in [2.45, 2.75) is 24.7 Å². The number of amides is 1. The molecule has 2 aromatic rings. The Morgan fingerprint density at radius 2 is 1.58 bits per heavy atom. The van der Waals surface area contributed by atoms with Gasteiger partial charge in [-0.25, -0.2) is 12.7 Å². The molecule has 0 aromatic heterocycles. The first kappa shape index (κ1) is 18.2. The summed E-state index contributed by atoms with van der Waals surface area (Å²) in [6.45, 7) is 2.12. The summed E-state index contributed by atoms with van der Waals surface area (Å²) in [6.07, 6.45) is 2.09. The maximum absolute atomic E-state index is 12.2. The fraction of sp³-hybridized carbons (Fsp3) is 0.278. The van der Waals surface area contributed by atoms with E-state index in [4.69, 9.17) is 0 Å². The van der Waals surface area contributed by atoms with Crippen molar-refractivity contribution in [1.29, 1.82) is 0 Å². The highest BCUT2D eigenvalue weighted by Gasteiger charge is 2.17. The molecule has 2 aromatic carbocycles. The second-order valence-electron chi connectivity index (χ2n) is 5.71. The maximum Gasteiger partial charge on any atom is 0.255 e. The highest BCUT2D eigenvalue weighted by atomic mass is 32.2. The van der Waals surface area contributed by atoms with E-state index >= 15 is 0 Å². The van der Waals surface area contributed by atoms with Crippen molar-refractivity contribution in [2.75, 3.05) is 19.4 Å². The largest absolute Gasteiger partial charge is 0.322 e. The average molecular weight is 346 g/mol. The van der Waals surface area contributed by atoms with Gasteiger partial charge in [0.2, 0.25) is 10.0 Å². The number of sulfonamides is 1. The van der Waals surface area contributed by atoms with E-state index in [0.717, 1.165) is 17.1 Å². The monoisotopic (exact) mass is 346 g/mol. The first-order chi connectivity index (χ1) is 11.3. The van der Waals surface area contributed by atoms with Crippen molar-refractivity contribution in [3.63, 3.8) is 0 Å². The van der Waals surface area contributed by atoms with Gasteiger partial charge in [-0.1, -0.05) is 25.5 Å². The molecule has 2 rings (SSSR count). The van der Waals surface area contributed by atoms with Crippen molar-refractivity contribution in [2.24, 2.45) is 0 Å². The molecule has 0 unspecified atom stereocenters. The Morgan fingerprint density at radius 3 is 2.08 bits per heavy atom. The first-order valence-corrected chi connectivity index (χ1v) is 9.21. The van der Waals surface area contributed by atoms with Crippen LogP contribution in [-0.2, 0) is 16.4 Å². The SMILES string of the molecule is CCCc1ccc(NC(=O)c2ccc(S(=O)(=O)N(C)C)cc2)cc1. The van der Waals surface area contributed by atoms with Crippen molar-refractivity contribution in [3.05, 3.63) is 59.7 Å². The maximum atomic E-state index is 12.2. The number of anilines is 1. The Hall–Kier alpha value is -2.18. The molecule has 24 heavy (non-hydrogen) atoms. The summed E-state index contributed by atoms with van der Waals surface area (Å²) in [5.74, 6) is -0.271. The van der Waals surface area contributed by atoms with Gasteiger partial charge in [0.1, 0.15) is 0 Å². The molecule has 0 fully saturated rings. The third-order valence-corrected chi connectivity index (χ3v) is 5.47. The Balaban J connectivity index is 2.10. The predicted molar refractivity (Wildman–Crippen MR) is 95.7 cm³/mol. The van der Waals surface area contributed by atoms with E-state index in [-0.39, 0.29) is 10.8 Å². The van der Waals surface area contributed by atoms with Crippen LogP contribution in [0.5, 0.6) is 0 Å². The zero-order chi connectivity index (χ0) is 17.7. The molecule has 5 nitrogen and oxygen atoms in total. The van der Waals surface area contributed by atoms with Gasteiger partial charge in [-0.15, -0.1) is 0 Å². The van der Waals surface area contributed by atoms with Crippen LogP contribution in [0.25, 0.3) is 0 Å². The molecule has 6 heteroatoms. The quantitative estimate of drug-likeness (QED) is 0.874. The standard InChI is InChI=1S/C18H22N2O3S/c1-4-5-14-6-10-16(11-7-14)19-18(21)15-8-12-17(13-9-15)24(22,23)20(2)3/h6-13H,4-5H2,1-3H3,(H,19,21). The molecule has 128 valence electrons. The first-order valence-electron chi connectivity index (χ1n) is 7.77. The molecule has 0 bridgehead atoms. The molecular formula is C18H22N2O3S. The van der Waals surface area contributed by atoms with Crippen LogP contribution in [0.1, 0.15) is 29.3 Å². The highest BCUT2D eigenvalue weighted by molar-refractivity contribution is 7.89. The van der Waals surface area contributed by atoms with Gasteiger partial charge in [0.05, 0.1) is 4.90 Å². The summed E-state index contributed by atoms with van der Waals surface area (Å²) in [5.41, 5.74) is 2.35. The zero-order valence-corrected chi connectivity index (χ0v) is 14.9. The number of carbonyl (C=O) groups excluding carboxylic acids is 1. The fourth-order valence-corrected chi connectivity index (χ4v) is 3.14. The summed E-state index contributed by atoms with van der Waals surface area (Å²) in [4.78, 5) is 12.4. The predicted octanol–water partition coefficient (Wildman–Crippen LogP) is 3.14. The Kier molecular flexibility index (Phi) is 5.75. The van der Waals surface area contributed by atoms with Crippen LogP contribution in [0.15, 0.2) is 53.4 Å². The second kappa shape index (κ2) is 7.59. The van der Waals surface area contributed by atoms with Gasteiger partial charge in [-0.05, 0) is 48.4 Å². The lowest BCUT2D eigenvalue weighted by Gasteiger charge is -2.11. The summed E-state index contributed by atoms with van der Waals surface area (Å²) in [7, 11) is -0.546. The smallest absolute Gasteiger partial charge is 0.255 e. The summed E-state index contributed by atoms with van der Waals surface area (Å²) < 4.78 is 25.2. The summed E-state index contributed by atoms with van der Waals surface area (Å²) in [5, 5.41) is 2.81. The van der Waals surface area contributed by atoms with E-state index in [1.165, 1.54) is 43.9 Å². The number of hydrogen-bond donors (Lipinski definition) is 1. The van der Waals surface area contributed by atoms with Crippen LogP contribution in [-0.4, -0.2) is 32.7 Å². The van der Waals surface area contributed by atoms with Gasteiger partial charge in [0.15, 0.2) is 0 Å². The molecule has 0 aliphatic heterocycles. The molecule has 0 aliphatic carbocycles. The molecule has 1 amide bonds. The van der Waals surface area contributed by atoms with E-state index in [1.807, 2.05) is 24.3 Å². The molecule has 1 N–H and O–H groups in total. The Labute approximate surface area is 143 Å². The van der Waals surface area contributed by atoms with Crippen LogP contribution < -0.4 is 5.32 Å². The lowest BCUT2D eigenvalue weighted by molar-refractivity contribution is 0.102. The van der Waals surface area contributed by atoms with E-state index < -0.39 is 10.0 Å². The number of rotatable bonds is 6. The van der Waals surface area contributed by atoms with E-state index in [9.17, 15) is 13.2 Å². The molecule has 0 saturated heterocycles. The summed E-state index contributed by atoms with van der Waals surface area (Å²) in [6, 6.07) is 13.6. The Morgan fingerprint density at radius 1 is 1.00 bits per heavy atom. The van der Waals surface area contributed by atoms with Crippen molar-refractivity contribution in [1.82, 2.24) is 4.31 Å². The molecule has 0 aliphatic rings. The number of benzene rings is 2. The zero-order valence-electron chi connectivity index (χ0n) is 14.1. The lowest BCUT2D eigenvalue weighted by atomic mass is 10.1. The molecule has 0 heterocycles. The number of nitrogens with zero attached hydrogens (tertiary/aromatic N) is 1. The number of carbonyl (C=O) groups is 1. The van der Waals surface area contributed by atoms with Crippen LogP contribution in [0.4, 0.5) is 5.69 Å². The highest BCUT2D eigenvalue weighted by Crippen LogP contribution is 2.16. The minimum atomic E-state index is -3.49. The molecule has 0 atom stereocenters. The van der Waals surface area contributed by atoms with Gasteiger partial charge >= 0.3 is 0 Å². The Bertz CT molecular complexity index is 795. The third-order valence-electron chi connectivity index (χ3n) is 3.65. The van der Waals surface area contributed by atoms with E-state index in [0.29, 0.717) is 11.3 Å². The topological polar surface area (TPSA) is 66.5 Å². The van der Waals surface area contributed by atoms with Crippen molar-refractivity contribution in [3.8, 4) is 0 Å². The molecule has 0 spiro atoms. The average Bonchev–Trinajstić information content (AvgIpc) is 2.57. The third kappa shape index (κ3) is 4.21. The van der Waals surface area contributed by atoms with Crippen LogP contribution in [0.3, 0.4) is 0 Å². The van der Waals surface area contributed by atoms with Crippen molar-refractivity contribution < 1.29 is 13.2 Å². The van der Waals surface area contributed by atoms with Gasteiger partial charge < -0.3 is 5.32 Å². The van der Waals surface area contributed by atoms with E-state index in [1.54, 1.807) is 0 Å². The molecule has 0 radical (unpaired) electrons. The fourth-order valence-electron chi connectivity index (χ4n) is 2.24. The van der Waals surface area contributed by atoms with Gasteiger partial charge in [0, 0.05) is 25.3 Å². The number of hydrogen-bond acceptors (Lipinski definition) is 3. The van der Waals surface area contributed by atoms with Crippen molar-refractivity contribution >= 4 is 21.6 Å². The molecule has 0 saturated carbocycles. The molecular weight excluding hydrogens is 324 g/mol. The van der Waals surface area contributed by atoms with Crippen LogP contribution >= 0.6 is 0 Å². The minimum Gasteiger partial charge on any atom is -0.322 e. The van der Waals surface area contributed by atoms with Crippen LogP contribution in [0.2, 0.25) is 0 Å². The number of aryl methyl sites for hydroxylation is 1. The van der Waals surface area contributed by atoms with Gasteiger partial charge in [-0.2, -0.15) is 0 Å². The van der Waals surface area contributed by atoms with Crippen LogP contribution in [0, 0.1) is 0 Å². The normalized spacial score (nSPS) is 11.5. The van der Waals surface area contributed by atoms with E-state index in [2.05, 4.69) is 12.2 Å². The minimum absolute atomic E-state index is 0.160.